The van der Waals surface area contributed by atoms with Crippen LogP contribution in [0, 0.1) is 5.41 Å². The molecule has 0 aliphatic heterocycles. The zero-order valence-electron chi connectivity index (χ0n) is 16.9. The highest BCUT2D eigenvalue weighted by molar-refractivity contribution is 8.01. The van der Waals surface area contributed by atoms with Gasteiger partial charge in [0.05, 0.1) is 30.5 Å². The zero-order chi connectivity index (χ0) is 19.8. The smallest absolute Gasteiger partial charge is 0.318 e. The first kappa shape index (κ1) is 25.7. The van der Waals surface area contributed by atoms with E-state index in [1.807, 2.05) is 6.92 Å². The van der Waals surface area contributed by atoms with Crippen LogP contribution in [0.1, 0.15) is 78.6 Å². The molecule has 0 bridgehead atoms. The highest BCUT2D eigenvalue weighted by Gasteiger charge is 2.31. The summed E-state index contributed by atoms with van der Waals surface area (Å²) in [5, 5.41) is 27.9. The Morgan fingerprint density at radius 1 is 0.923 bits per heavy atom. The number of ether oxygens (including phenoxy) is 1. The minimum Gasteiger partial charge on any atom is -0.464 e. The van der Waals surface area contributed by atoms with Crippen molar-refractivity contribution < 1.29 is 24.9 Å². The van der Waals surface area contributed by atoms with E-state index in [9.17, 15) is 20.1 Å². The van der Waals surface area contributed by atoms with Gasteiger partial charge in [0.2, 0.25) is 0 Å². The van der Waals surface area contributed by atoms with E-state index in [0.717, 1.165) is 6.42 Å². The van der Waals surface area contributed by atoms with Crippen LogP contribution >= 0.6 is 11.8 Å². The van der Waals surface area contributed by atoms with Crippen LogP contribution in [-0.2, 0) is 9.53 Å². The van der Waals surface area contributed by atoms with E-state index in [-0.39, 0.29) is 17.8 Å². The van der Waals surface area contributed by atoms with Crippen LogP contribution in [0.3, 0.4) is 0 Å². The topological polar surface area (TPSA) is 87.0 Å². The van der Waals surface area contributed by atoms with Crippen molar-refractivity contribution in [3.8, 4) is 0 Å². The second kappa shape index (κ2) is 15.7. The first-order valence-corrected chi connectivity index (χ1v) is 11.0. The van der Waals surface area contributed by atoms with Crippen LogP contribution < -0.4 is 0 Å². The molecule has 0 aromatic rings. The van der Waals surface area contributed by atoms with Crippen molar-refractivity contribution in [2.24, 2.45) is 5.41 Å². The van der Waals surface area contributed by atoms with Gasteiger partial charge in [-0.1, -0.05) is 65.2 Å². The standard InChI is InChI=1S/C20H40O5S/c1-4-5-6-7-8-9-10-11-12-17(2)26-18(3)19(24)25-16-20(13-21,14-22)15-23/h17-18,21-23H,4-16H2,1-3H3. The van der Waals surface area contributed by atoms with Crippen molar-refractivity contribution in [1.29, 1.82) is 0 Å². The van der Waals surface area contributed by atoms with Crippen molar-refractivity contribution in [2.45, 2.75) is 89.1 Å². The fourth-order valence-corrected chi connectivity index (χ4v) is 3.85. The lowest BCUT2D eigenvalue weighted by Gasteiger charge is -2.27. The summed E-state index contributed by atoms with van der Waals surface area (Å²) in [7, 11) is 0. The van der Waals surface area contributed by atoms with E-state index in [2.05, 4.69) is 13.8 Å². The average Bonchev–Trinajstić information content (AvgIpc) is 2.65. The Labute approximate surface area is 163 Å². The van der Waals surface area contributed by atoms with Crippen LogP contribution in [0.5, 0.6) is 0 Å². The minimum absolute atomic E-state index is 0.174. The average molecular weight is 393 g/mol. The van der Waals surface area contributed by atoms with Crippen LogP contribution in [0.4, 0.5) is 0 Å². The quantitative estimate of drug-likeness (QED) is 0.259. The summed E-state index contributed by atoms with van der Waals surface area (Å²) in [5.74, 6) is -0.363. The summed E-state index contributed by atoms with van der Waals surface area (Å²) >= 11 is 1.59. The van der Waals surface area contributed by atoms with Crippen LogP contribution in [-0.4, -0.2) is 58.2 Å². The molecule has 0 radical (unpaired) electrons. The molecule has 0 aromatic carbocycles. The zero-order valence-corrected chi connectivity index (χ0v) is 17.7. The molecule has 0 aliphatic carbocycles. The van der Waals surface area contributed by atoms with E-state index in [1.165, 1.54) is 51.4 Å². The van der Waals surface area contributed by atoms with E-state index in [0.29, 0.717) is 5.25 Å². The third-order valence-corrected chi connectivity index (χ3v) is 6.06. The molecule has 2 atom stereocenters. The van der Waals surface area contributed by atoms with Gasteiger partial charge in [-0.15, -0.1) is 11.8 Å². The first-order chi connectivity index (χ1) is 12.4. The minimum atomic E-state index is -1.16. The Morgan fingerprint density at radius 2 is 1.42 bits per heavy atom. The van der Waals surface area contributed by atoms with Crippen LogP contribution in [0.2, 0.25) is 0 Å². The highest BCUT2D eigenvalue weighted by Crippen LogP contribution is 2.24. The monoisotopic (exact) mass is 392 g/mol. The predicted octanol–water partition coefficient (Wildman–Crippen LogP) is 3.53. The molecular formula is C20H40O5S. The maximum atomic E-state index is 12.1. The number of esters is 1. The molecular weight excluding hydrogens is 352 g/mol. The van der Waals surface area contributed by atoms with E-state index >= 15 is 0 Å². The second-order valence-electron chi connectivity index (χ2n) is 7.43. The van der Waals surface area contributed by atoms with Gasteiger partial charge in [0, 0.05) is 5.25 Å². The Bertz CT molecular complexity index is 339. The Morgan fingerprint density at radius 3 is 1.92 bits per heavy atom. The molecule has 6 heteroatoms. The van der Waals surface area contributed by atoms with Crippen LogP contribution in [0.25, 0.3) is 0 Å². The summed E-state index contributed by atoms with van der Waals surface area (Å²) in [6.45, 7) is 4.73. The number of hydrogen-bond acceptors (Lipinski definition) is 6. The molecule has 0 fully saturated rings. The second-order valence-corrected chi connectivity index (χ2v) is 9.22. The molecule has 0 heterocycles. The predicted molar refractivity (Wildman–Crippen MR) is 108 cm³/mol. The molecule has 0 rings (SSSR count). The molecule has 156 valence electrons. The number of aliphatic hydroxyl groups is 3. The normalized spacial score (nSPS) is 14.2. The molecule has 0 aliphatic rings. The molecule has 0 amide bonds. The van der Waals surface area contributed by atoms with Gasteiger partial charge in [0.25, 0.3) is 0 Å². The van der Waals surface area contributed by atoms with Gasteiger partial charge in [-0.2, -0.15) is 0 Å². The molecule has 0 spiro atoms. The lowest BCUT2D eigenvalue weighted by molar-refractivity contribution is -0.150. The summed E-state index contributed by atoms with van der Waals surface area (Å²) in [6.07, 6.45) is 11.5. The lowest BCUT2D eigenvalue weighted by atomic mass is 9.93. The highest BCUT2D eigenvalue weighted by atomic mass is 32.2. The van der Waals surface area contributed by atoms with Crippen molar-refractivity contribution in [1.82, 2.24) is 0 Å². The van der Waals surface area contributed by atoms with Gasteiger partial charge in [0.1, 0.15) is 6.61 Å². The fraction of sp³-hybridized carbons (Fsp3) is 0.950. The van der Waals surface area contributed by atoms with E-state index in [4.69, 9.17) is 4.74 Å². The molecule has 3 N–H and O–H groups in total. The number of unbranched alkanes of at least 4 members (excludes halogenated alkanes) is 7. The van der Waals surface area contributed by atoms with Gasteiger partial charge in [-0.05, 0) is 13.3 Å². The lowest BCUT2D eigenvalue weighted by Crippen LogP contribution is -2.40. The van der Waals surface area contributed by atoms with Crippen molar-refractivity contribution in [3.63, 3.8) is 0 Å². The van der Waals surface area contributed by atoms with Gasteiger partial charge < -0.3 is 20.1 Å². The number of aliphatic hydroxyl groups excluding tert-OH is 3. The molecule has 0 saturated carbocycles. The fourth-order valence-electron chi connectivity index (χ4n) is 2.67. The maximum absolute atomic E-state index is 12.1. The molecule has 26 heavy (non-hydrogen) atoms. The van der Waals surface area contributed by atoms with E-state index < -0.39 is 25.2 Å². The Balaban J connectivity index is 3.89. The van der Waals surface area contributed by atoms with Gasteiger partial charge in [-0.3, -0.25) is 4.79 Å². The summed E-state index contributed by atoms with van der Waals surface area (Å²) in [6, 6.07) is 0. The molecule has 0 aromatic heterocycles. The number of hydrogen-bond donors (Lipinski definition) is 3. The van der Waals surface area contributed by atoms with Gasteiger partial charge in [0.15, 0.2) is 0 Å². The first-order valence-electron chi connectivity index (χ1n) is 10.1. The summed E-state index contributed by atoms with van der Waals surface area (Å²) in [5.41, 5.74) is -1.16. The SMILES string of the molecule is CCCCCCCCCCC(C)SC(C)C(=O)OCC(CO)(CO)CO. The van der Waals surface area contributed by atoms with Gasteiger partial charge in [-0.25, -0.2) is 0 Å². The van der Waals surface area contributed by atoms with Crippen molar-refractivity contribution in [2.75, 3.05) is 26.4 Å². The van der Waals surface area contributed by atoms with Crippen molar-refractivity contribution in [3.05, 3.63) is 0 Å². The molecule has 2 unspecified atom stereocenters. The maximum Gasteiger partial charge on any atom is 0.318 e. The van der Waals surface area contributed by atoms with E-state index in [1.54, 1.807) is 11.8 Å². The molecule has 0 saturated heterocycles. The number of thioether (sulfide) groups is 1. The summed E-state index contributed by atoms with van der Waals surface area (Å²) in [4.78, 5) is 12.1. The largest absolute Gasteiger partial charge is 0.464 e. The Hall–Kier alpha value is -0.300. The number of carbonyl (C=O) groups is 1. The third-order valence-electron chi connectivity index (χ3n) is 4.76. The third kappa shape index (κ3) is 11.4. The van der Waals surface area contributed by atoms with Crippen LogP contribution in [0.15, 0.2) is 0 Å². The summed E-state index contributed by atoms with van der Waals surface area (Å²) < 4.78 is 5.19. The molecule has 5 nitrogen and oxygen atoms in total. The van der Waals surface area contributed by atoms with Gasteiger partial charge >= 0.3 is 5.97 Å². The van der Waals surface area contributed by atoms with Crippen molar-refractivity contribution >= 4 is 17.7 Å². The number of rotatable bonds is 17. The number of carbonyl (C=O) groups excluding carboxylic acids is 1. The Kier molecular flexibility index (Phi) is 15.5.